The normalized spacial score (nSPS) is 15.3. The number of rotatable bonds is 11. The van der Waals surface area contributed by atoms with Gasteiger partial charge in [-0.3, -0.25) is 0 Å². The summed E-state index contributed by atoms with van der Waals surface area (Å²) >= 11 is 6.51. The highest BCUT2D eigenvalue weighted by atomic mass is 35.5. The number of dihydropyridines is 1. The Kier molecular flexibility index (Phi) is 9.81. The fourth-order valence-electron chi connectivity index (χ4n) is 3.97. The van der Waals surface area contributed by atoms with Crippen LogP contribution >= 0.6 is 11.6 Å². The Morgan fingerprint density at radius 3 is 2.43 bits per heavy atom. The van der Waals surface area contributed by atoms with Crippen molar-refractivity contribution in [3.8, 4) is 0 Å². The number of allylic oxidation sites excluding steroid dienone is 1. The molecule has 0 bridgehead atoms. The van der Waals surface area contributed by atoms with E-state index < -0.39 is 23.8 Å². The number of aromatic nitrogens is 3. The lowest BCUT2D eigenvalue weighted by Gasteiger charge is -2.31. The third kappa shape index (κ3) is 6.36. The topological polar surface area (TPSA) is 131 Å². The van der Waals surface area contributed by atoms with Crippen LogP contribution in [-0.2, 0) is 35.1 Å². The quantitative estimate of drug-likeness (QED) is 0.262. The first kappa shape index (κ1) is 27.9. The van der Waals surface area contributed by atoms with Gasteiger partial charge in [-0.1, -0.05) is 35.0 Å². The molecule has 1 N–H and O–H groups in total. The van der Waals surface area contributed by atoms with E-state index in [-0.39, 0.29) is 49.8 Å². The molecule has 3 rings (SSSR count). The SMILES string of the molecule is CCOC(=O)C1=C(COCCn2nncc2C(=O)OCC)NC(C)=C(C(=O)OC)C1c1ccccc1Cl. The van der Waals surface area contributed by atoms with Crippen molar-refractivity contribution in [3.05, 3.63) is 69.3 Å². The van der Waals surface area contributed by atoms with Crippen LogP contribution < -0.4 is 5.32 Å². The molecular weight excluding hydrogens is 504 g/mol. The summed E-state index contributed by atoms with van der Waals surface area (Å²) in [5, 5.41) is 11.1. The summed E-state index contributed by atoms with van der Waals surface area (Å²) in [4.78, 5) is 38.1. The van der Waals surface area contributed by atoms with Gasteiger partial charge in [0.05, 0.1) is 69.0 Å². The molecule has 11 nitrogen and oxygen atoms in total. The Hall–Kier alpha value is -3.70. The van der Waals surface area contributed by atoms with E-state index in [2.05, 4.69) is 15.6 Å². The van der Waals surface area contributed by atoms with E-state index in [0.29, 0.717) is 22.0 Å². The standard InChI is InChI=1S/C25H29ClN4O7/c1-5-36-23(31)19-13-27-29-30(19)11-12-35-14-18-22(25(33)37-6-2)21(16-9-7-8-10-17(16)26)20(15(3)28-18)24(32)34-4/h7-10,13,21,28H,5-6,11-12,14H2,1-4H3. The Labute approximate surface area is 219 Å². The van der Waals surface area contributed by atoms with Crippen LogP contribution in [0.1, 0.15) is 42.7 Å². The zero-order valence-electron chi connectivity index (χ0n) is 21.1. The summed E-state index contributed by atoms with van der Waals surface area (Å²) in [5.41, 5.74) is 2.08. The molecule has 1 aromatic heterocycles. The number of nitrogens with one attached hydrogen (secondary N) is 1. The molecule has 0 spiro atoms. The van der Waals surface area contributed by atoms with Crippen molar-refractivity contribution in [1.29, 1.82) is 0 Å². The lowest BCUT2D eigenvalue weighted by atomic mass is 9.80. The minimum absolute atomic E-state index is 0.0235. The van der Waals surface area contributed by atoms with Crippen molar-refractivity contribution in [3.63, 3.8) is 0 Å². The van der Waals surface area contributed by atoms with Crippen LogP contribution in [-0.4, -0.2) is 66.4 Å². The van der Waals surface area contributed by atoms with Crippen LogP contribution in [0, 0.1) is 0 Å². The first-order valence-corrected chi connectivity index (χ1v) is 12.1. The Bertz CT molecular complexity index is 1220. The largest absolute Gasteiger partial charge is 0.466 e. The van der Waals surface area contributed by atoms with E-state index in [4.69, 9.17) is 30.5 Å². The zero-order valence-corrected chi connectivity index (χ0v) is 21.8. The Morgan fingerprint density at radius 1 is 1.05 bits per heavy atom. The number of methoxy groups -OCH3 is 1. The van der Waals surface area contributed by atoms with Gasteiger partial charge in [-0.25, -0.2) is 19.1 Å². The highest BCUT2D eigenvalue weighted by molar-refractivity contribution is 6.31. The second-order valence-corrected chi connectivity index (χ2v) is 8.25. The van der Waals surface area contributed by atoms with Crippen LogP contribution in [0.25, 0.3) is 0 Å². The smallest absolute Gasteiger partial charge is 0.358 e. The maximum Gasteiger partial charge on any atom is 0.358 e. The van der Waals surface area contributed by atoms with Gasteiger partial charge in [0.15, 0.2) is 5.69 Å². The van der Waals surface area contributed by atoms with E-state index in [1.54, 1.807) is 45.0 Å². The van der Waals surface area contributed by atoms with E-state index in [9.17, 15) is 14.4 Å². The van der Waals surface area contributed by atoms with Gasteiger partial charge in [0.2, 0.25) is 0 Å². The predicted molar refractivity (Wildman–Crippen MR) is 133 cm³/mol. The molecule has 0 radical (unpaired) electrons. The fourth-order valence-corrected chi connectivity index (χ4v) is 4.22. The van der Waals surface area contributed by atoms with Crippen molar-refractivity contribution in [2.24, 2.45) is 0 Å². The second kappa shape index (κ2) is 13.0. The van der Waals surface area contributed by atoms with Crippen LogP contribution in [0.15, 0.2) is 53.0 Å². The van der Waals surface area contributed by atoms with Gasteiger partial charge in [0, 0.05) is 10.7 Å². The number of hydrogen-bond donors (Lipinski definition) is 1. The molecule has 0 saturated heterocycles. The number of benzene rings is 1. The number of carbonyl (C=O) groups is 3. The fraction of sp³-hybridized carbons (Fsp3) is 0.400. The summed E-state index contributed by atoms with van der Waals surface area (Å²) in [5.74, 6) is -2.60. The molecule has 1 unspecified atom stereocenters. The molecular formula is C25H29ClN4O7. The number of hydrogen-bond acceptors (Lipinski definition) is 10. The van der Waals surface area contributed by atoms with Crippen LogP contribution in [0.2, 0.25) is 5.02 Å². The van der Waals surface area contributed by atoms with Crippen molar-refractivity contribution in [2.45, 2.75) is 33.2 Å². The van der Waals surface area contributed by atoms with E-state index in [1.165, 1.54) is 18.0 Å². The Balaban J connectivity index is 1.91. The second-order valence-electron chi connectivity index (χ2n) is 7.84. The van der Waals surface area contributed by atoms with E-state index in [1.807, 2.05) is 0 Å². The molecule has 1 aliphatic rings. The molecule has 12 heteroatoms. The van der Waals surface area contributed by atoms with E-state index in [0.717, 1.165) is 0 Å². The van der Waals surface area contributed by atoms with Gasteiger partial charge < -0.3 is 24.3 Å². The van der Waals surface area contributed by atoms with Gasteiger partial charge in [-0.05, 0) is 32.4 Å². The number of carbonyl (C=O) groups excluding carboxylic acids is 3. The minimum atomic E-state index is -0.842. The third-order valence-corrected chi connectivity index (χ3v) is 5.90. The molecule has 1 aliphatic heterocycles. The molecule has 2 aromatic rings. The molecule has 2 heterocycles. The average molecular weight is 533 g/mol. The Morgan fingerprint density at radius 2 is 1.76 bits per heavy atom. The maximum absolute atomic E-state index is 13.2. The van der Waals surface area contributed by atoms with Crippen LogP contribution in [0.3, 0.4) is 0 Å². The molecule has 0 aliphatic carbocycles. The summed E-state index contributed by atoms with van der Waals surface area (Å²) in [6, 6.07) is 6.95. The number of nitrogens with zero attached hydrogens (tertiary/aromatic N) is 3. The highest BCUT2D eigenvalue weighted by Crippen LogP contribution is 2.41. The number of halogens is 1. The van der Waals surface area contributed by atoms with Crippen molar-refractivity contribution in [2.75, 3.05) is 33.5 Å². The summed E-state index contributed by atoms with van der Waals surface area (Å²) < 4.78 is 22.6. The molecule has 1 atom stereocenters. The molecule has 0 amide bonds. The van der Waals surface area contributed by atoms with Gasteiger partial charge in [0.25, 0.3) is 0 Å². The molecule has 198 valence electrons. The third-order valence-electron chi connectivity index (χ3n) is 5.56. The summed E-state index contributed by atoms with van der Waals surface area (Å²) in [6.45, 7) is 5.79. The van der Waals surface area contributed by atoms with Crippen molar-refractivity contribution in [1.82, 2.24) is 20.3 Å². The van der Waals surface area contributed by atoms with Crippen molar-refractivity contribution >= 4 is 29.5 Å². The van der Waals surface area contributed by atoms with Crippen molar-refractivity contribution < 1.29 is 33.3 Å². The van der Waals surface area contributed by atoms with Gasteiger partial charge >= 0.3 is 17.9 Å². The zero-order chi connectivity index (χ0) is 26.9. The number of esters is 3. The van der Waals surface area contributed by atoms with Crippen LogP contribution in [0.4, 0.5) is 0 Å². The molecule has 37 heavy (non-hydrogen) atoms. The average Bonchev–Trinajstić information content (AvgIpc) is 3.35. The summed E-state index contributed by atoms with van der Waals surface area (Å²) in [7, 11) is 1.27. The highest BCUT2D eigenvalue weighted by Gasteiger charge is 2.39. The maximum atomic E-state index is 13.2. The molecule has 1 aromatic carbocycles. The first-order valence-electron chi connectivity index (χ1n) is 11.7. The molecule has 0 fully saturated rings. The molecule has 0 saturated carbocycles. The lowest BCUT2D eigenvalue weighted by molar-refractivity contribution is -0.139. The van der Waals surface area contributed by atoms with E-state index >= 15 is 0 Å². The van der Waals surface area contributed by atoms with Gasteiger partial charge in [0.1, 0.15) is 0 Å². The van der Waals surface area contributed by atoms with Gasteiger partial charge in [-0.15, -0.1) is 5.10 Å². The van der Waals surface area contributed by atoms with Crippen LogP contribution in [0.5, 0.6) is 0 Å². The number of ether oxygens (including phenoxy) is 4. The lowest BCUT2D eigenvalue weighted by Crippen LogP contribution is -2.35. The monoisotopic (exact) mass is 532 g/mol. The summed E-state index contributed by atoms with van der Waals surface area (Å²) in [6.07, 6.45) is 1.32. The van der Waals surface area contributed by atoms with Gasteiger partial charge in [-0.2, -0.15) is 0 Å². The first-order chi connectivity index (χ1) is 17.8. The minimum Gasteiger partial charge on any atom is -0.466 e. The predicted octanol–water partition coefficient (Wildman–Crippen LogP) is 2.78.